The van der Waals surface area contributed by atoms with Crippen LogP contribution in [0.2, 0.25) is 0 Å². The molecule has 0 amide bonds. The number of anilines is 1. The van der Waals surface area contributed by atoms with Crippen LogP contribution < -0.4 is 9.64 Å². The Morgan fingerprint density at radius 2 is 2.05 bits per heavy atom. The van der Waals surface area contributed by atoms with E-state index in [1.54, 1.807) is 39.1 Å². The third kappa shape index (κ3) is 2.27. The van der Waals surface area contributed by atoms with Crippen LogP contribution in [0.1, 0.15) is 13.8 Å². The van der Waals surface area contributed by atoms with Gasteiger partial charge >= 0.3 is 5.97 Å². The molecule has 0 bridgehead atoms. The van der Waals surface area contributed by atoms with Crippen molar-refractivity contribution in [3.8, 4) is 5.75 Å². The molecule has 0 atom stereocenters. The average molecular weight is 274 g/mol. The number of rotatable bonds is 4. The lowest BCUT2D eigenvalue weighted by Crippen LogP contribution is -2.48. The number of aliphatic carboxylic acids is 1. The van der Waals surface area contributed by atoms with Crippen LogP contribution in [0.4, 0.5) is 5.82 Å². The first-order valence-electron chi connectivity index (χ1n) is 6.28. The van der Waals surface area contributed by atoms with Crippen molar-refractivity contribution in [2.24, 2.45) is 0 Å². The molecular formula is C15H18N2O3. The van der Waals surface area contributed by atoms with Crippen LogP contribution >= 0.6 is 0 Å². The number of carboxylic acid groups (broad SMARTS) is 1. The van der Waals surface area contributed by atoms with Crippen LogP contribution in [0.25, 0.3) is 10.8 Å². The molecule has 1 N–H and O–H groups in total. The molecule has 0 spiro atoms. The zero-order valence-corrected chi connectivity index (χ0v) is 12.0. The molecule has 2 aromatic rings. The number of methoxy groups -OCH3 is 1. The van der Waals surface area contributed by atoms with Gasteiger partial charge in [0.25, 0.3) is 0 Å². The number of carboxylic acids is 1. The quantitative estimate of drug-likeness (QED) is 0.928. The molecule has 0 aliphatic rings. The van der Waals surface area contributed by atoms with Crippen molar-refractivity contribution in [3.63, 3.8) is 0 Å². The fourth-order valence-corrected chi connectivity index (χ4v) is 1.94. The zero-order chi connectivity index (χ0) is 14.9. The number of benzene rings is 1. The molecule has 1 aromatic carbocycles. The summed E-state index contributed by atoms with van der Waals surface area (Å²) in [5.74, 6) is 0.500. The van der Waals surface area contributed by atoms with Gasteiger partial charge in [-0.2, -0.15) is 0 Å². The lowest BCUT2D eigenvalue weighted by molar-refractivity contribution is -0.142. The fourth-order valence-electron chi connectivity index (χ4n) is 1.94. The van der Waals surface area contributed by atoms with E-state index in [4.69, 9.17) is 4.74 Å². The summed E-state index contributed by atoms with van der Waals surface area (Å²) in [5.41, 5.74) is -1.04. The van der Waals surface area contributed by atoms with E-state index in [2.05, 4.69) is 4.98 Å². The van der Waals surface area contributed by atoms with Gasteiger partial charge in [-0.3, -0.25) is 0 Å². The molecule has 0 saturated heterocycles. The molecular weight excluding hydrogens is 256 g/mol. The monoisotopic (exact) mass is 274 g/mol. The maximum absolute atomic E-state index is 11.4. The molecule has 20 heavy (non-hydrogen) atoms. The minimum atomic E-state index is -1.04. The van der Waals surface area contributed by atoms with E-state index in [9.17, 15) is 9.90 Å². The van der Waals surface area contributed by atoms with Crippen LogP contribution in [0.3, 0.4) is 0 Å². The van der Waals surface area contributed by atoms with Crippen molar-refractivity contribution in [1.82, 2.24) is 4.98 Å². The SMILES string of the molecule is COc1ccc2c(N(C)C(C)(C)C(=O)O)nccc2c1. The molecule has 106 valence electrons. The van der Waals surface area contributed by atoms with E-state index in [1.165, 1.54) is 0 Å². The lowest BCUT2D eigenvalue weighted by atomic mass is 10.0. The van der Waals surface area contributed by atoms with E-state index in [-0.39, 0.29) is 0 Å². The van der Waals surface area contributed by atoms with Gasteiger partial charge in [-0.15, -0.1) is 0 Å². The van der Waals surface area contributed by atoms with E-state index < -0.39 is 11.5 Å². The summed E-state index contributed by atoms with van der Waals surface area (Å²) in [6.07, 6.45) is 1.67. The Hall–Kier alpha value is -2.30. The van der Waals surface area contributed by atoms with Gasteiger partial charge in [0, 0.05) is 18.6 Å². The minimum absolute atomic E-state index is 0.637. The van der Waals surface area contributed by atoms with E-state index in [1.807, 2.05) is 24.3 Å². The van der Waals surface area contributed by atoms with Gasteiger partial charge in [0.15, 0.2) is 0 Å². The predicted octanol–water partition coefficient (Wildman–Crippen LogP) is 2.54. The van der Waals surface area contributed by atoms with Crippen molar-refractivity contribution in [2.75, 3.05) is 19.1 Å². The van der Waals surface area contributed by atoms with E-state index >= 15 is 0 Å². The van der Waals surface area contributed by atoms with Gasteiger partial charge in [-0.05, 0) is 43.5 Å². The Morgan fingerprint density at radius 1 is 1.35 bits per heavy atom. The fraction of sp³-hybridized carbons (Fsp3) is 0.333. The minimum Gasteiger partial charge on any atom is -0.497 e. The smallest absolute Gasteiger partial charge is 0.328 e. The van der Waals surface area contributed by atoms with Gasteiger partial charge in [-0.1, -0.05) is 0 Å². The molecule has 0 aliphatic heterocycles. The number of ether oxygens (including phenoxy) is 1. The first kappa shape index (κ1) is 14.1. The molecule has 0 aliphatic carbocycles. The molecule has 2 rings (SSSR count). The zero-order valence-electron chi connectivity index (χ0n) is 12.0. The maximum Gasteiger partial charge on any atom is 0.328 e. The van der Waals surface area contributed by atoms with Gasteiger partial charge in [0.1, 0.15) is 17.1 Å². The van der Waals surface area contributed by atoms with Gasteiger partial charge in [0.05, 0.1) is 7.11 Å². The highest BCUT2D eigenvalue weighted by atomic mass is 16.5. The third-order valence-electron chi connectivity index (χ3n) is 3.63. The summed E-state index contributed by atoms with van der Waals surface area (Å²) in [6.45, 7) is 3.30. The Morgan fingerprint density at radius 3 is 2.65 bits per heavy atom. The van der Waals surface area contributed by atoms with Crippen molar-refractivity contribution >= 4 is 22.6 Å². The van der Waals surface area contributed by atoms with Crippen LogP contribution in [-0.4, -0.2) is 35.8 Å². The number of nitrogens with zero attached hydrogens (tertiary/aromatic N) is 2. The molecule has 0 radical (unpaired) electrons. The van der Waals surface area contributed by atoms with Crippen LogP contribution in [0.15, 0.2) is 30.5 Å². The molecule has 0 saturated carbocycles. The highest BCUT2D eigenvalue weighted by Gasteiger charge is 2.33. The summed E-state index contributed by atoms with van der Waals surface area (Å²) in [7, 11) is 3.35. The normalized spacial score (nSPS) is 11.4. The van der Waals surface area contributed by atoms with Crippen LogP contribution in [0, 0.1) is 0 Å². The number of likely N-dealkylation sites (N-methyl/N-ethyl adjacent to an activating group) is 1. The summed E-state index contributed by atoms with van der Waals surface area (Å²) >= 11 is 0. The number of hydrogen-bond donors (Lipinski definition) is 1. The number of pyridine rings is 1. The molecule has 5 heteroatoms. The molecule has 0 unspecified atom stereocenters. The second-order valence-corrected chi connectivity index (χ2v) is 5.14. The molecule has 0 fully saturated rings. The highest BCUT2D eigenvalue weighted by Crippen LogP contribution is 2.30. The largest absolute Gasteiger partial charge is 0.497 e. The molecule has 5 nitrogen and oxygen atoms in total. The Bertz CT molecular complexity index is 653. The predicted molar refractivity (Wildman–Crippen MR) is 78.4 cm³/mol. The van der Waals surface area contributed by atoms with Gasteiger partial charge < -0.3 is 14.7 Å². The molecule has 1 aromatic heterocycles. The highest BCUT2D eigenvalue weighted by molar-refractivity contribution is 5.95. The first-order valence-corrected chi connectivity index (χ1v) is 6.28. The third-order valence-corrected chi connectivity index (χ3v) is 3.63. The second-order valence-electron chi connectivity index (χ2n) is 5.14. The Kier molecular flexibility index (Phi) is 3.53. The summed E-state index contributed by atoms with van der Waals surface area (Å²) in [4.78, 5) is 17.4. The average Bonchev–Trinajstić information content (AvgIpc) is 2.44. The maximum atomic E-state index is 11.4. The lowest BCUT2D eigenvalue weighted by Gasteiger charge is -2.33. The number of carbonyl (C=O) groups is 1. The second kappa shape index (κ2) is 5.00. The van der Waals surface area contributed by atoms with Crippen molar-refractivity contribution in [1.29, 1.82) is 0 Å². The standard InChI is InChI=1S/C15H18N2O3/c1-15(2,14(18)19)17(3)13-12-6-5-11(20-4)9-10(12)7-8-16-13/h5-9H,1-4H3,(H,18,19). The first-order chi connectivity index (χ1) is 9.37. The van der Waals surface area contributed by atoms with E-state index in [0.29, 0.717) is 5.82 Å². The summed E-state index contributed by atoms with van der Waals surface area (Å²) in [5, 5.41) is 11.2. The topological polar surface area (TPSA) is 62.7 Å². The van der Waals surface area contributed by atoms with Crippen LogP contribution in [-0.2, 0) is 4.79 Å². The van der Waals surface area contributed by atoms with E-state index in [0.717, 1.165) is 16.5 Å². The Balaban J connectivity index is 2.58. The van der Waals surface area contributed by atoms with Crippen molar-refractivity contribution in [3.05, 3.63) is 30.5 Å². The van der Waals surface area contributed by atoms with Gasteiger partial charge in [-0.25, -0.2) is 9.78 Å². The Labute approximate surface area is 117 Å². The molecule has 1 heterocycles. The summed E-state index contributed by atoms with van der Waals surface area (Å²) < 4.78 is 5.20. The van der Waals surface area contributed by atoms with Crippen LogP contribution in [0.5, 0.6) is 5.75 Å². The number of fused-ring (bicyclic) bond motifs is 1. The van der Waals surface area contributed by atoms with Gasteiger partial charge in [0.2, 0.25) is 0 Å². The van der Waals surface area contributed by atoms with Crippen molar-refractivity contribution in [2.45, 2.75) is 19.4 Å². The number of aromatic nitrogens is 1. The van der Waals surface area contributed by atoms with Crippen molar-refractivity contribution < 1.29 is 14.6 Å². The summed E-state index contributed by atoms with van der Waals surface area (Å²) in [6, 6.07) is 7.52. The number of hydrogen-bond acceptors (Lipinski definition) is 4.